The molecular formula is C23H26N2O4S. The third kappa shape index (κ3) is 4.48. The summed E-state index contributed by atoms with van der Waals surface area (Å²) in [4.78, 5) is 3.71. The van der Waals surface area contributed by atoms with Crippen molar-refractivity contribution in [3.05, 3.63) is 71.8 Å². The fourth-order valence-corrected chi connectivity index (χ4v) is 4.34. The Balaban J connectivity index is 2.50. The minimum atomic E-state index is -4.47. The second kappa shape index (κ2) is 8.47. The van der Waals surface area contributed by atoms with Crippen molar-refractivity contribution >= 4 is 32.2 Å². The summed E-state index contributed by atoms with van der Waals surface area (Å²) < 4.78 is 34.7. The van der Waals surface area contributed by atoms with Crippen molar-refractivity contribution in [3.63, 3.8) is 0 Å². The smallest absolute Gasteiger partial charge is 0.295 e. The number of phenolic OH excluding ortho intramolecular Hbond substituents is 1. The molecular weight excluding hydrogens is 400 g/mol. The Morgan fingerprint density at radius 1 is 0.900 bits per heavy atom. The van der Waals surface area contributed by atoms with Crippen molar-refractivity contribution in [2.75, 3.05) is 34.7 Å². The van der Waals surface area contributed by atoms with Crippen molar-refractivity contribution in [3.8, 4) is 5.75 Å². The number of aromatic hydroxyl groups is 1. The molecule has 0 atom stereocenters. The standard InChI is InChI=1S/C23H26N2O4S/c1-24(2)15-20(17-9-12-18(26)13-10-17)23(25(3)4)22-19-8-6-5-7-16(19)11-14-21(22)30(27,28)29/h5-14,26H,15H2,1-4H3,(H,27,28,29). The first-order valence-electron chi connectivity index (χ1n) is 9.44. The highest BCUT2D eigenvalue weighted by Gasteiger charge is 2.25. The summed E-state index contributed by atoms with van der Waals surface area (Å²) in [5.41, 5.74) is 2.84. The predicted octanol–water partition coefficient (Wildman–Crippen LogP) is 3.78. The monoisotopic (exact) mass is 426 g/mol. The van der Waals surface area contributed by atoms with E-state index >= 15 is 0 Å². The summed E-state index contributed by atoms with van der Waals surface area (Å²) >= 11 is 0. The van der Waals surface area contributed by atoms with E-state index in [2.05, 4.69) is 0 Å². The van der Waals surface area contributed by atoms with Gasteiger partial charge in [0.1, 0.15) is 10.6 Å². The van der Waals surface area contributed by atoms with Gasteiger partial charge in [-0.15, -0.1) is 0 Å². The highest BCUT2D eigenvalue weighted by molar-refractivity contribution is 7.86. The molecule has 0 amide bonds. The van der Waals surface area contributed by atoms with Crippen LogP contribution >= 0.6 is 0 Å². The largest absolute Gasteiger partial charge is 0.508 e. The van der Waals surface area contributed by atoms with Gasteiger partial charge in [-0.3, -0.25) is 4.55 Å². The Kier molecular flexibility index (Phi) is 6.17. The molecule has 0 fully saturated rings. The Morgan fingerprint density at radius 2 is 1.53 bits per heavy atom. The lowest BCUT2D eigenvalue weighted by molar-refractivity contribution is 0.460. The lowest BCUT2D eigenvalue weighted by Crippen LogP contribution is -2.21. The highest BCUT2D eigenvalue weighted by Crippen LogP contribution is 2.37. The molecule has 0 heterocycles. The van der Waals surface area contributed by atoms with Crippen LogP contribution in [0.4, 0.5) is 0 Å². The SMILES string of the molecule is CN(C)CC(=C(c1c(S(=O)(=O)O)ccc2ccccc12)N(C)C)c1ccc(O)cc1. The van der Waals surface area contributed by atoms with Gasteiger partial charge in [0.05, 0.1) is 5.70 Å². The fraction of sp³-hybridized carbons (Fsp3) is 0.217. The maximum atomic E-state index is 12.3. The van der Waals surface area contributed by atoms with Crippen molar-refractivity contribution in [2.24, 2.45) is 0 Å². The van der Waals surface area contributed by atoms with E-state index in [0.717, 1.165) is 21.9 Å². The van der Waals surface area contributed by atoms with E-state index in [4.69, 9.17) is 0 Å². The predicted molar refractivity (Wildman–Crippen MR) is 121 cm³/mol. The maximum absolute atomic E-state index is 12.3. The number of nitrogens with zero attached hydrogens (tertiary/aromatic N) is 2. The van der Waals surface area contributed by atoms with Crippen LogP contribution in [0.25, 0.3) is 22.0 Å². The van der Waals surface area contributed by atoms with E-state index < -0.39 is 10.1 Å². The van der Waals surface area contributed by atoms with Crippen LogP contribution in [0.2, 0.25) is 0 Å². The van der Waals surface area contributed by atoms with Gasteiger partial charge >= 0.3 is 0 Å². The first-order chi connectivity index (χ1) is 14.1. The molecule has 0 saturated heterocycles. The summed E-state index contributed by atoms with van der Waals surface area (Å²) in [6.45, 7) is 0.520. The fourth-order valence-electron chi connectivity index (χ4n) is 3.64. The first kappa shape index (κ1) is 21.8. The third-order valence-electron chi connectivity index (χ3n) is 4.83. The van der Waals surface area contributed by atoms with E-state index in [-0.39, 0.29) is 10.6 Å². The zero-order chi connectivity index (χ0) is 22.1. The van der Waals surface area contributed by atoms with Gasteiger partial charge in [-0.2, -0.15) is 8.42 Å². The molecule has 0 spiro atoms. The van der Waals surface area contributed by atoms with Crippen molar-refractivity contribution in [1.29, 1.82) is 0 Å². The normalized spacial score (nSPS) is 12.9. The topological polar surface area (TPSA) is 81.1 Å². The van der Waals surface area contributed by atoms with Gasteiger partial charge in [0.15, 0.2) is 0 Å². The molecule has 0 aliphatic heterocycles. The van der Waals surface area contributed by atoms with Crippen molar-refractivity contribution in [2.45, 2.75) is 4.90 Å². The van der Waals surface area contributed by atoms with Gasteiger partial charge < -0.3 is 14.9 Å². The molecule has 0 aliphatic rings. The Morgan fingerprint density at radius 3 is 2.10 bits per heavy atom. The van der Waals surface area contributed by atoms with Gasteiger partial charge in [-0.25, -0.2) is 0 Å². The summed E-state index contributed by atoms with van der Waals surface area (Å²) in [7, 11) is 3.09. The van der Waals surface area contributed by atoms with Gasteiger partial charge in [-0.1, -0.05) is 42.5 Å². The third-order valence-corrected chi connectivity index (χ3v) is 5.72. The Hall–Kier alpha value is -2.87. The average molecular weight is 427 g/mol. The lowest BCUT2D eigenvalue weighted by atomic mass is 9.94. The lowest BCUT2D eigenvalue weighted by Gasteiger charge is -2.27. The summed E-state index contributed by atoms with van der Waals surface area (Å²) in [6.07, 6.45) is 0. The molecule has 0 unspecified atom stereocenters. The summed E-state index contributed by atoms with van der Waals surface area (Å²) in [5.74, 6) is 0.151. The van der Waals surface area contributed by atoms with Crippen LogP contribution in [-0.4, -0.2) is 62.6 Å². The van der Waals surface area contributed by atoms with E-state index in [1.165, 1.54) is 6.07 Å². The number of benzene rings is 3. The molecule has 2 N–H and O–H groups in total. The minimum absolute atomic E-state index is 0.139. The van der Waals surface area contributed by atoms with Crippen LogP contribution in [-0.2, 0) is 10.1 Å². The van der Waals surface area contributed by atoms with Crippen LogP contribution in [0.3, 0.4) is 0 Å². The number of phenols is 1. The van der Waals surface area contributed by atoms with E-state index in [9.17, 15) is 18.1 Å². The molecule has 158 valence electrons. The summed E-state index contributed by atoms with van der Waals surface area (Å²) in [6, 6.07) is 17.4. The average Bonchev–Trinajstić information content (AvgIpc) is 2.66. The second-order valence-corrected chi connectivity index (χ2v) is 9.03. The molecule has 3 aromatic rings. The van der Waals surface area contributed by atoms with Gasteiger partial charge in [0, 0.05) is 26.2 Å². The van der Waals surface area contributed by atoms with Crippen LogP contribution in [0.5, 0.6) is 5.75 Å². The first-order valence-corrected chi connectivity index (χ1v) is 10.9. The van der Waals surface area contributed by atoms with Crippen molar-refractivity contribution < 1.29 is 18.1 Å². The van der Waals surface area contributed by atoms with Crippen LogP contribution in [0.15, 0.2) is 65.6 Å². The van der Waals surface area contributed by atoms with Crippen LogP contribution in [0.1, 0.15) is 11.1 Å². The quantitative estimate of drug-likeness (QED) is 0.461. The van der Waals surface area contributed by atoms with Crippen LogP contribution < -0.4 is 0 Å². The molecule has 7 heteroatoms. The molecule has 0 radical (unpaired) electrons. The number of fused-ring (bicyclic) bond motifs is 1. The van der Waals surface area contributed by atoms with Crippen molar-refractivity contribution in [1.82, 2.24) is 9.80 Å². The van der Waals surface area contributed by atoms with E-state index in [1.807, 2.05) is 62.3 Å². The van der Waals surface area contributed by atoms with E-state index in [0.29, 0.717) is 17.8 Å². The number of rotatable bonds is 6. The molecule has 0 bridgehead atoms. The summed E-state index contributed by atoms with van der Waals surface area (Å²) in [5, 5.41) is 11.3. The zero-order valence-corrected chi connectivity index (χ0v) is 18.3. The maximum Gasteiger partial charge on any atom is 0.295 e. The molecule has 30 heavy (non-hydrogen) atoms. The van der Waals surface area contributed by atoms with E-state index in [1.54, 1.807) is 30.3 Å². The van der Waals surface area contributed by atoms with Gasteiger partial charge in [0.2, 0.25) is 0 Å². The second-order valence-electron chi connectivity index (χ2n) is 7.64. The zero-order valence-electron chi connectivity index (χ0n) is 17.5. The number of hydrogen-bond acceptors (Lipinski definition) is 5. The molecule has 3 rings (SSSR count). The molecule has 6 nitrogen and oxygen atoms in total. The number of hydrogen-bond donors (Lipinski definition) is 2. The molecule has 0 saturated carbocycles. The molecule has 3 aromatic carbocycles. The Labute approximate surface area is 177 Å². The Bertz CT molecular complexity index is 1200. The molecule has 0 aliphatic carbocycles. The minimum Gasteiger partial charge on any atom is -0.508 e. The van der Waals surface area contributed by atoms with Gasteiger partial charge in [0.25, 0.3) is 10.1 Å². The molecule has 0 aromatic heterocycles. The number of likely N-dealkylation sites (N-methyl/N-ethyl adjacent to an activating group) is 1. The highest BCUT2D eigenvalue weighted by atomic mass is 32.2. The van der Waals surface area contributed by atoms with Crippen LogP contribution in [0, 0.1) is 0 Å². The van der Waals surface area contributed by atoms with Gasteiger partial charge in [-0.05, 0) is 54.2 Å².